The number of halogens is 4. The minimum atomic E-state index is -4.63. The molecule has 174 valence electrons. The molecule has 0 amide bonds. The minimum Gasteiger partial charge on any atom is -0.477 e. The lowest BCUT2D eigenvalue weighted by molar-refractivity contribution is -0.137. The molecule has 0 saturated heterocycles. The molecule has 0 bridgehead atoms. The molecule has 5 aromatic rings. The number of carbonyl (C=O) groups is 1. The van der Waals surface area contributed by atoms with Crippen molar-refractivity contribution in [2.45, 2.75) is 25.9 Å². The van der Waals surface area contributed by atoms with Crippen LogP contribution in [0.5, 0.6) is 0 Å². The van der Waals surface area contributed by atoms with E-state index in [-0.39, 0.29) is 28.3 Å². The zero-order valence-corrected chi connectivity index (χ0v) is 18.1. The summed E-state index contributed by atoms with van der Waals surface area (Å²) in [6.07, 6.45) is -1.48. The van der Waals surface area contributed by atoms with E-state index < -0.39 is 23.5 Å². The molecule has 4 N–H and O–H groups in total. The number of nitrogens with one attached hydrogen (secondary N) is 3. The molecule has 0 atom stereocenters. The molecule has 0 radical (unpaired) electrons. The number of H-pyrrole nitrogens is 3. The Morgan fingerprint density at radius 1 is 0.941 bits per heavy atom. The molecule has 0 aliphatic rings. The number of benzene rings is 2. The highest BCUT2D eigenvalue weighted by Crippen LogP contribution is 2.45. The third-order valence-electron chi connectivity index (χ3n) is 6.00. The molecule has 9 heteroatoms. The highest BCUT2D eigenvalue weighted by Gasteiger charge is 2.34. The van der Waals surface area contributed by atoms with Crippen LogP contribution in [0.25, 0.3) is 44.2 Å². The molecule has 5 nitrogen and oxygen atoms in total. The second kappa shape index (κ2) is 7.51. The predicted octanol–water partition coefficient (Wildman–Crippen LogP) is 7.29. The number of hydrogen-bond acceptors (Lipinski definition) is 1. The quantitative estimate of drug-likeness (QED) is 0.208. The fourth-order valence-corrected chi connectivity index (χ4v) is 4.62. The first-order valence-corrected chi connectivity index (χ1v) is 10.5. The molecule has 0 spiro atoms. The molecule has 0 aliphatic heterocycles. The minimum absolute atomic E-state index is 0.136. The Kier molecular flexibility index (Phi) is 4.82. The van der Waals surface area contributed by atoms with Crippen LogP contribution >= 0.6 is 0 Å². The van der Waals surface area contributed by atoms with E-state index in [1.165, 1.54) is 18.3 Å². The SMILES string of the molecule is CC(C)c1c(-c2cc(F)cc3[nH]ccc23)[nH]c(C(=O)O)c1-c1cc(C(F)(F)F)cc2[nH]ccc12. The van der Waals surface area contributed by atoms with Crippen LogP contribution in [0.2, 0.25) is 0 Å². The molecule has 0 saturated carbocycles. The molecule has 5 rings (SSSR count). The lowest BCUT2D eigenvalue weighted by atomic mass is 9.88. The normalized spacial score (nSPS) is 12.3. The lowest BCUT2D eigenvalue weighted by Gasteiger charge is -2.15. The highest BCUT2D eigenvalue weighted by atomic mass is 19.4. The van der Waals surface area contributed by atoms with Crippen molar-refractivity contribution in [3.63, 3.8) is 0 Å². The second-order valence-electron chi connectivity index (χ2n) is 8.48. The maximum absolute atomic E-state index is 14.5. The standard InChI is InChI=1S/C25H19F4N3O2/c1-11(2)20-21(16-7-12(25(27,28)29)8-18-14(16)3-5-30-18)23(24(33)34)32-22(20)17-9-13(26)10-19-15(17)4-6-31-19/h3-11,30-32H,1-2H3,(H,33,34). The maximum Gasteiger partial charge on any atom is 0.416 e. The van der Waals surface area contributed by atoms with Crippen LogP contribution in [-0.4, -0.2) is 26.0 Å². The average Bonchev–Trinajstić information content (AvgIpc) is 3.48. The monoisotopic (exact) mass is 469 g/mol. The van der Waals surface area contributed by atoms with Gasteiger partial charge in [-0.3, -0.25) is 0 Å². The van der Waals surface area contributed by atoms with Crippen molar-refractivity contribution < 1.29 is 27.5 Å². The average molecular weight is 469 g/mol. The van der Waals surface area contributed by atoms with Gasteiger partial charge in [-0.1, -0.05) is 13.8 Å². The van der Waals surface area contributed by atoms with Gasteiger partial charge < -0.3 is 20.1 Å². The van der Waals surface area contributed by atoms with Crippen LogP contribution in [0.4, 0.5) is 17.6 Å². The summed E-state index contributed by atoms with van der Waals surface area (Å²) in [5, 5.41) is 11.1. The van der Waals surface area contributed by atoms with Gasteiger partial charge in [-0.15, -0.1) is 0 Å². The summed E-state index contributed by atoms with van der Waals surface area (Å²) in [5.41, 5.74) is 1.16. The van der Waals surface area contributed by atoms with E-state index in [0.29, 0.717) is 33.1 Å². The molecule has 34 heavy (non-hydrogen) atoms. The first-order chi connectivity index (χ1) is 16.1. The van der Waals surface area contributed by atoms with Gasteiger partial charge in [0.15, 0.2) is 0 Å². The van der Waals surface area contributed by atoms with Crippen molar-refractivity contribution in [1.29, 1.82) is 0 Å². The van der Waals surface area contributed by atoms with Crippen LogP contribution < -0.4 is 0 Å². The van der Waals surface area contributed by atoms with Crippen molar-refractivity contribution in [3.05, 3.63) is 71.4 Å². The van der Waals surface area contributed by atoms with Crippen LogP contribution in [0.3, 0.4) is 0 Å². The highest BCUT2D eigenvalue weighted by molar-refractivity contribution is 6.07. The molecule has 3 heterocycles. The molecule has 0 fully saturated rings. The van der Waals surface area contributed by atoms with Crippen molar-refractivity contribution in [2.24, 2.45) is 0 Å². The van der Waals surface area contributed by atoms with Crippen LogP contribution in [-0.2, 0) is 6.18 Å². The first kappa shape index (κ1) is 21.8. The zero-order chi connectivity index (χ0) is 24.4. The Balaban J connectivity index is 1.92. The van der Waals surface area contributed by atoms with E-state index in [1.54, 1.807) is 18.3 Å². The number of aromatic amines is 3. The number of carboxylic acid groups (broad SMARTS) is 1. The van der Waals surface area contributed by atoms with E-state index in [4.69, 9.17) is 0 Å². The Morgan fingerprint density at radius 2 is 1.56 bits per heavy atom. The van der Waals surface area contributed by atoms with Crippen molar-refractivity contribution in [3.8, 4) is 22.4 Å². The van der Waals surface area contributed by atoms with E-state index in [9.17, 15) is 27.5 Å². The molecular formula is C25H19F4N3O2. The third kappa shape index (κ3) is 3.35. The van der Waals surface area contributed by atoms with E-state index in [0.717, 1.165) is 12.1 Å². The van der Waals surface area contributed by atoms with Gasteiger partial charge in [0, 0.05) is 45.3 Å². The molecule has 2 aromatic carbocycles. The van der Waals surface area contributed by atoms with Crippen LogP contribution in [0.15, 0.2) is 48.8 Å². The van der Waals surface area contributed by atoms with Gasteiger partial charge in [0.25, 0.3) is 0 Å². The summed E-state index contributed by atoms with van der Waals surface area (Å²) < 4.78 is 55.6. The number of alkyl halides is 3. The van der Waals surface area contributed by atoms with Gasteiger partial charge in [-0.2, -0.15) is 13.2 Å². The van der Waals surface area contributed by atoms with E-state index in [1.807, 2.05) is 13.8 Å². The first-order valence-electron chi connectivity index (χ1n) is 10.5. The maximum atomic E-state index is 14.5. The fourth-order valence-electron chi connectivity index (χ4n) is 4.62. The number of aromatic carboxylic acids is 1. The van der Waals surface area contributed by atoms with Crippen molar-refractivity contribution in [2.75, 3.05) is 0 Å². The molecule has 3 aromatic heterocycles. The topological polar surface area (TPSA) is 84.7 Å². The van der Waals surface area contributed by atoms with Gasteiger partial charge in [-0.05, 0) is 53.4 Å². The molecule has 0 aliphatic carbocycles. The number of hydrogen-bond donors (Lipinski definition) is 4. The number of aromatic nitrogens is 3. The molecule has 0 unspecified atom stereocenters. The zero-order valence-electron chi connectivity index (χ0n) is 18.1. The summed E-state index contributed by atoms with van der Waals surface area (Å²) in [7, 11) is 0. The fraction of sp³-hybridized carbons (Fsp3) is 0.160. The van der Waals surface area contributed by atoms with E-state index >= 15 is 0 Å². The van der Waals surface area contributed by atoms with Gasteiger partial charge in [0.1, 0.15) is 11.5 Å². The predicted molar refractivity (Wildman–Crippen MR) is 121 cm³/mol. The summed E-state index contributed by atoms with van der Waals surface area (Å²) in [4.78, 5) is 20.9. The van der Waals surface area contributed by atoms with Crippen molar-refractivity contribution in [1.82, 2.24) is 15.0 Å². The van der Waals surface area contributed by atoms with Crippen molar-refractivity contribution >= 4 is 27.8 Å². The Bertz CT molecular complexity index is 1570. The van der Waals surface area contributed by atoms with Crippen LogP contribution in [0.1, 0.15) is 41.4 Å². The van der Waals surface area contributed by atoms with Crippen LogP contribution in [0, 0.1) is 5.82 Å². The Labute approximate surface area is 190 Å². The van der Waals surface area contributed by atoms with Gasteiger partial charge >= 0.3 is 12.1 Å². The summed E-state index contributed by atoms with van der Waals surface area (Å²) >= 11 is 0. The summed E-state index contributed by atoms with van der Waals surface area (Å²) in [6.45, 7) is 3.63. The summed E-state index contributed by atoms with van der Waals surface area (Å²) in [5.74, 6) is -2.15. The largest absolute Gasteiger partial charge is 0.477 e. The number of carboxylic acids is 1. The molecular weight excluding hydrogens is 450 g/mol. The second-order valence-corrected chi connectivity index (χ2v) is 8.48. The smallest absolute Gasteiger partial charge is 0.416 e. The van der Waals surface area contributed by atoms with E-state index in [2.05, 4.69) is 15.0 Å². The number of rotatable bonds is 4. The van der Waals surface area contributed by atoms with Gasteiger partial charge in [0.2, 0.25) is 0 Å². The summed E-state index contributed by atoms with van der Waals surface area (Å²) in [6, 6.07) is 7.94. The third-order valence-corrected chi connectivity index (χ3v) is 6.00. The lowest BCUT2D eigenvalue weighted by Crippen LogP contribution is -2.06. The van der Waals surface area contributed by atoms with Gasteiger partial charge in [0.05, 0.1) is 11.3 Å². The Hall–Kier alpha value is -4.01. The Morgan fingerprint density at radius 3 is 2.15 bits per heavy atom. The number of fused-ring (bicyclic) bond motifs is 2. The van der Waals surface area contributed by atoms with Gasteiger partial charge in [-0.25, -0.2) is 9.18 Å².